The van der Waals surface area contributed by atoms with E-state index in [-0.39, 0.29) is 24.2 Å². The van der Waals surface area contributed by atoms with Gasteiger partial charge in [-0.05, 0) is 12.1 Å². The number of nitrogens with zero attached hydrogens (tertiary/aromatic N) is 4. The van der Waals surface area contributed by atoms with Gasteiger partial charge in [-0.1, -0.05) is 6.07 Å². The van der Waals surface area contributed by atoms with Gasteiger partial charge >= 0.3 is 0 Å². The molecule has 2 aromatic heterocycles. The number of hydrogen-bond acceptors (Lipinski definition) is 6. The fourth-order valence-corrected chi connectivity index (χ4v) is 3.66. The molecule has 4 heterocycles. The number of nitrogens with one attached hydrogen (secondary N) is 3. The van der Waals surface area contributed by atoms with Crippen LogP contribution < -0.4 is 15.5 Å². The van der Waals surface area contributed by atoms with Crippen LogP contribution in [0.5, 0.6) is 0 Å². The molecular weight excluding hydrogens is 394 g/mol. The first-order chi connectivity index (χ1) is 13.7. The van der Waals surface area contributed by atoms with Crippen molar-refractivity contribution in [2.24, 2.45) is 0 Å². The Hall–Kier alpha value is -2.65. The van der Waals surface area contributed by atoms with Crippen LogP contribution in [-0.2, 0) is 17.8 Å². The van der Waals surface area contributed by atoms with E-state index in [1.807, 2.05) is 23.1 Å². The number of piperazine rings is 1. The van der Waals surface area contributed by atoms with Crippen molar-refractivity contribution in [1.29, 1.82) is 0 Å². The molecule has 0 spiro atoms. The molecule has 2 aliphatic heterocycles. The quantitative estimate of drug-likeness (QED) is 0.645. The number of carbonyl (C=O) groups excluding carboxylic acids is 2. The molecule has 0 aromatic carbocycles. The third-order valence-electron chi connectivity index (χ3n) is 5.25. The number of aromatic amines is 1. The fraction of sp³-hybridized carbons (Fsp3) is 0.474. The average Bonchev–Trinajstić information content (AvgIpc) is 3.19. The predicted octanol–water partition coefficient (Wildman–Crippen LogP) is 0.341. The van der Waals surface area contributed by atoms with Crippen LogP contribution in [0.2, 0.25) is 0 Å². The number of anilines is 1. The van der Waals surface area contributed by atoms with Crippen molar-refractivity contribution in [3.63, 3.8) is 0 Å². The van der Waals surface area contributed by atoms with E-state index in [0.29, 0.717) is 38.3 Å². The topological polar surface area (TPSA) is 106 Å². The lowest BCUT2D eigenvalue weighted by atomic mass is 10.1. The largest absolute Gasteiger partial charge is 0.353 e. The van der Waals surface area contributed by atoms with Crippen LogP contribution in [-0.4, -0.2) is 71.2 Å². The summed E-state index contributed by atoms with van der Waals surface area (Å²) < 4.78 is 0. The zero-order valence-corrected chi connectivity index (χ0v) is 17.0. The summed E-state index contributed by atoms with van der Waals surface area (Å²) in [7, 11) is 0. The van der Waals surface area contributed by atoms with Gasteiger partial charge in [0.25, 0.3) is 5.91 Å². The number of halogens is 1. The Morgan fingerprint density at radius 1 is 1.17 bits per heavy atom. The Bertz CT molecular complexity index is 834. The van der Waals surface area contributed by atoms with E-state index in [0.717, 1.165) is 43.1 Å². The molecule has 3 N–H and O–H groups in total. The maximum absolute atomic E-state index is 12.5. The van der Waals surface area contributed by atoms with E-state index in [4.69, 9.17) is 0 Å². The Balaban J connectivity index is 0.00000240. The van der Waals surface area contributed by atoms with Crippen molar-refractivity contribution in [1.82, 2.24) is 30.7 Å². The Morgan fingerprint density at radius 2 is 2.00 bits per heavy atom. The molecule has 0 radical (unpaired) electrons. The predicted molar refractivity (Wildman–Crippen MR) is 111 cm³/mol. The summed E-state index contributed by atoms with van der Waals surface area (Å²) in [6.07, 6.45) is 2.92. The van der Waals surface area contributed by atoms with Gasteiger partial charge in [-0.3, -0.25) is 14.7 Å². The molecule has 0 unspecified atom stereocenters. The highest BCUT2D eigenvalue weighted by molar-refractivity contribution is 5.94. The highest BCUT2D eigenvalue weighted by Gasteiger charge is 2.23. The number of fused-ring (bicyclic) bond motifs is 1. The number of amides is 2. The summed E-state index contributed by atoms with van der Waals surface area (Å²) in [5.74, 6) is 0.777. The Labute approximate surface area is 175 Å². The first-order valence-corrected chi connectivity index (χ1v) is 9.71. The maximum atomic E-state index is 12.5. The molecule has 9 nitrogen and oxygen atoms in total. The normalized spacial score (nSPS) is 16.0. The molecule has 1 saturated heterocycles. The summed E-state index contributed by atoms with van der Waals surface area (Å²) in [6.45, 7) is 4.71. The Morgan fingerprint density at radius 3 is 2.76 bits per heavy atom. The van der Waals surface area contributed by atoms with Crippen LogP contribution in [0.15, 0.2) is 24.4 Å². The van der Waals surface area contributed by atoms with Crippen molar-refractivity contribution in [3.05, 3.63) is 41.3 Å². The summed E-state index contributed by atoms with van der Waals surface area (Å²) in [6, 6.07) is 5.85. The average molecular weight is 420 g/mol. The van der Waals surface area contributed by atoms with Crippen LogP contribution >= 0.6 is 12.4 Å². The maximum Gasteiger partial charge on any atom is 0.272 e. The van der Waals surface area contributed by atoms with E-state index in [1.165, 1.54) is 0 Å². The molecule has 0 saturated carbocycles. The second-order valence-corrected chi connectivity index (χ2v) is 7.02. The monoisotopic (exact) mass is 419 g/mol. The lowest BCUT2D eigenvalue weighted by molar-refractivity contribution is -0.131. The third kappa shape index (κ3) is 4.86. The molecule has 0 atom stereocenters. The molecule has 0 bridgehead atoms. The second kappa shape index (κ2) is 9.71. The van der Waals surface area contributed by atoms with Gasteiger partial charge in [-0.15, -0.1) is 12.4 Å². The van der Waals surface area contributed by atoms with Gasteiger partial charge < -0.3 is 20.4 Å². The standard InChI is InChI=1S/C19H25N7O2.ClH/c27-17(26-11-9-25(10-12-26)16-3-1-2-6-21-16)5-8-22-19(28)18-14-13-20-7-4-15(14)23-24-18;/h1-3,6,20H,4-5,7-13H2,(H,22,28)(H,23,24);1H. The van der Waals surface area contributed by atoms with Crippen LogP contribution in [0.4, 0.5) is 5.82 Å². The van der Waals surface area contributed by atoms with Gasteiger partial charge in [0.1, 0.15) is 5.82 Å². The molecule has 156 valence electrons. The lowest BCUT2D eigenvalue weighted by Gasteiger charge is -2.35. The van der Waals surface area contributed by atoms with E-state index in [2.05, 4.69) is 30.7 Å². The molecule has 2 aromatic rings. The van der Waals surface area contributed by atoms with Gasteiger partial charge in [0.2, 0.25) is 5.91 Å². The van der Waals surface area contributed by atoms with Gasteiger partial charge in [-0.25, -0.2) is 4.98 Å². The van der Waals surface area contributed by atoms with Gasteiger partial charge in [0.05, 0.1) is 0 Å². The van der Waals surface area contributed by atoms with Gasteiger partial charge in [-0.2, -0.15) is 5.10 Å². The molecule has 2 amide bonds. The fourth-order valence-electron chi connectivity index (χ4n) is 3.66. The van der Waals surface area contributed by atoms with E-state index < -0.39 is 0 Å². The zero-order valence-electron chi connectivity index (χ0n) is 16.2. The van der Waals surface area contributed by atoms with Crippen LogP contribution in [0.3, 0.4) is 0 Å². The minimum absolute atomic E-state index is 0. The number of aromatic nitrogens is 3. The smallest absolute Gasteiger partial charge is 0.272 e. The second-order valence-electron chi connectivity index (χ2n) is 7.02. The lowest BCUT2D eigenvalue weighted by Crippen LogP contribution is -2.49. The molecule has 1 fully saturated rings. The van der Waals surface area contributed by atoms with Crippen LogP contribution in [0, 0.1) is 0 Å². The van der Waals surface area contributed by atoms with Gasteiger partial charge in [0, 0.05) is 76.1 Å². The number of hydrogen-bond donors (Lipinski definition) is 3. The van der Waals surface area contributed by atoms with Crippen LogP contribution in [0.1, 0.15) is 28.2 Å². The number of carbonyl (C=O) groups is 2. The van der Waals surface area contributed by atoms with Crippen molar-refractivity contribution < 1.29 is 9.59 Å². The van der Waals surface area contributed by atoms with E-state index >= 15 is 0 Å². The molecule has 29 heavy (non-hydrogen) atoms. The van der Waals surface area contributed by atoms with Crippen molar-refractivity contribution in [2.45, 2.75) is 19.4 Å². The number of pyridine rings is 1. The molecule has 2 aliphatic rings. The highest BCUT2D eigenvalue weighted by Crippen LogP contribution is 2.15. The van der Waals surface area contributed by atoms with E-state index in [9.17, 15) is 9.59 Å². The van der Waals surface area contributed by atoms with Crippen molar-refractivity contribution >= 4 is 30.0 Å². The van der Waals surface area contributed by atoms with Gasteiger partial charge in [0.15, 0.2) is 5.69 Å². The highest BCUT2D eigenvalue weighted by atomic mass is 35.5. The minimum Gasteiger partial charge on any atom is -0.353 e. The summed E-state index contributed by atoms with van der Waals surface area (Å²) in [5.41, 5.74) is 2.38. The van der Waals surface area contributed by atoms with Crippen LogP contribution in [0.25, 0.3) is 0 Å². The first-order valence-electron chi connectivity index (χ1n) is 9.71. The Kier molecular flexibility index (Phi) is 7.05. The van der Waals surface area contributed by atoms with Crippen molar-refractivity contribution in [2.75, 3.05) is 44.2 Å². The molecule has 0 aliphatic carbocycles. The molecule has 4 rings (SSSR count). The van der Waals surface area contributed by atoms with E-state index in [1.54, 1.807) is 6.20 Å². The summed E-state index contributed by atoms with van der Waals surface area (Å²) >= 11 is 0. The zero-order chi connectivity index (χ0) is 19.3. The number of H-pyrrole nitrogens is 1. The third-order valence-corrected chi connectivity index (χ3v) is 5.25. The summed E-state index contributed by atoms with van der Waals surface area (Å²) in [4.78, 5) is 33.2. The molecule has 10 heteroatoms. The van der Waals surface area contributed by atoms with Crippen molar-refractivity contribution in [3.8, 4) is 0 Å². The summed E-state index contributed by atoms with van der Waals surface area (Å²) in [5, 5.41) is 13.1. The minimum atomic E-state index is -0.228. The number of rotatable bonds is 5. The molecular formula is C19H26ClN7O2. The SMILES string of the molecule is Cl.O=C(NCCC(=O)N1CCN(c2ccccn2)CC1)c1n[nH]c2c1CNCC2. The first kappa shape index (κ1) is 21.1.